The van der Waals surface area contributed by atoms with Crippen molar-refractivity contribution in [3.05, 3.63) is 37.5 Å². The molecule has 0 aliphatic heterocycles. The fourth-order valence-electron chi connectivity index (χ4n) is 0.273. The molecule has 0 fully saturated rings. The Balaban J connectivity index is 3.98. The van der Waals surface area contributed by atoms with Crippen molar-refractivity contribution < 1.29 is 0 Å². The van der Waals surface area contributed by atoms with E-state index in [9.17, 15) is 0 Å². The van der Waals surface area contributed by atoms with Gasteiger partial charge in [-0.25, -0.2) is 0 Å². The largest absolute Gasteiger partial charge is 0.160 e. The molecule has 0 N–H and O–H groups in total. The van der Waals surface area contributed by atoms with E-state index in [1.54, 1.807) is 6.08 Å². The first-order valence-corrected chi connectivity index (χ1v) is 2.14. The highest BCUT2D eigenvalue weighted by Gasteiger charge is 1.81. The van der Waals surface area contributed by atoms with Gasteiger partial charge in [0.2, 0.25) is 0 Å². The average Bonchev–Trinajstić information content (AvgIpc) is 1.68. The zero-order valence-corrected chi connectivity index (χ0v) is 4.70. The van der Waals surface area contributed by atoms with Crippen LogP contribution in [0.5, 0.6) is 0 Å². The second-order valence-electron chi connectivity index (χ2n) is 1.18. The van der Waals surface area contributed by atoms with E-state index in [-0.39, 0.29) is 0 Å². The Morgan fingerprint density at radius 3 is 2.62 bits per heavy atom. The van der Waals surface area contributed by atoms with Crippen molar-refractivity contribution in [3.8, 4) is 11.8 Å². The lowest BCUT2D eigenvalue weighted by Gasteiger charge is -1.64. The van der Waals surface area contributed by atoms with Crippen LogP contribution in [0.1, 0.15) is 0 Å². The van der Waals surface area contributed by atoms with Crippen LogP contribution in [-0.2, 0) is 0 Å². The first kappa shape index (κ1) is 6.69. The lowest BCUT2D eigenvalue weighted by Crippen LogP contribution is -1.61. The summed E-state index contributed by atoms with van der Waals surface area (Å²) >= 11 is 0. The highest BCUT2D eigenvalue weighted by atomic mass is 13.7. The fourth-order valence-corrected chi connectivity index (χ4v) is 0.273. The molecule has 0 saturated carbocycles. The van der Waals surface area contributed by atoms with E-state index in [4.69, 9.17) is 0 Å². The molecular weight excluding hydrogens is 96.1 g/mol. The molecule has 0 atom stereocenters. The van der Waals surface area contributed by atoms with Crippen LogP contribution in [0.2, 0.25) is 0 Å². The van der Waals surface area contributed by atoms with E-state index >= 15 is 0 Å². The maximum atomic E-state index is 3.56. The van der Waals surface area contributed by atoms with Gasteiger partial charge >= 0.3 is 0 Å². The average molecular weight is 103 g/mol. The Hall–Kier alpha value is -1.31. The van der Waals surface area contributed by atoms with Gasteiger partial charge in [0.15, 0.2) is 5.92 Å². The molecule has 0 aromatic carbocycles. The Kier molecular flexibility index (Phi) is 3.23. The Morgan fingerprint density at radius 1 is 1.62 bits per heavy atom. The van der Waals surface area contributed by atoms with Crippen LogP contribution >= 0.6 is 0 Å². The van der Waals surface area contributed by atoms with Gasteiger partial charge < -0.3 is 0 Å². The standard InChI is InChI=1S/C8H7/c1-4-6-8(3)7-5-2/h6H,1-3H2/q+1. The quantitative estimate of drug-likeness (QED) is 0.205. The molecular formula is C8H7+. The minimum absolute atomic E-state index is 0.690. The molecule has 0 aromatic heterocycles. The maximum Gasteiger partial charge on any atom is 0.160 e. The first-order valence-electron chi connectivity index (χ1n) is 2.14. The van der Waals surface area contributed by atoms with Crippen LogP contribution in [0.25, 0.3) is 0 Å². The summed E-state index contributed by atoms with van der Waals surface area (Å²) in [5.74, 6) is 5.09. The van der Waals surface area contributed by atoms with Crippen LogP contribution in [0.4, 0.5) is 0 Å². The molecule has 0 bridgehead atoms. The molecule has 0 nitrogen and oxygen atoms in total. The van der Waals surface area contributed by atoms with Crippen LogP contribution in [0.15, 0.2) is 30.5 Å². The zero-order valence-electron chi connectivity index (χ0n) is 4.70. The van der Waals surface area contributed by atoms with E-state index in [1.165, 1.54) is 0 Å². The zero-order chi connectivity index (χ0) is 6.41. The summed E-state index contributed by atoms with van der Waals surface area (Å²) in [7, 11) is 0. The summed E-state index contributed by atoms with van der Waals surface area (Å²) in [4.78, 5) is 0. The number of hydrogen-bond donors (Lipinski definition) is 0. The van der Waals surface area contributed by atoms with Crippen molar-refractivity contribution in [1.29, 1.82) is 0 Å². The van der Waals surface area contributed by atoms with Gasteiger partial charge in [-0.05, 0) is 0 Å². The van der Waals surface area contributed by atoms with Crippen molar-refractivity contribution in [3.63, 3.8) is 0 Å². The maximum absolute atomic E-state index is 3.56. The van der Waals surface area contributed by atoms with Crippen molar-refractivity contribution in [2.75, 3.05) is 0 Å². The van der Waals surface area contributed by atoms with E-state index in [0.29, 0.717) is 5.57 Å². The number of hydrogen-bond acceptors (Lipinski definition) is 0. The molecule has 0 aromatic rings. The fraction of sp³-hybridized carbons (Fsp3) is 0. The van der Waals surface area contributed by atoms with Gasteiger partial charge in [-0.1, -0.05) is 13.2 Å². The molecule has 0 amide bonds. The predicted molar refractivity (Wildman–Crippen MR) is 36.0 cm³/mol. The Morgan fingerprint density at radius 2 is 2.25 bits per heavy atom. The molecule has 0 heterocycles. The van der Waals surface area contributed by atoms with Crippen molar-refractivity contribution in [1.82, 2.24) is 0 Å². The Labute approximate surface area is 50.2 Å². The molecule has 0 aliphatic rings. The van der Waals surface area contributed by atoms with Crippen molar-refractivity contribution >= 4 is 0 Å². The van der Waals surface area contributed by atoms with Crippen LogP contribution in [-0.4, -0.2) is 0 Å². The summed E-state index contributed by atoms with van der Waals surface area (Å²) in [6.45, 7) is 10.2. The van der Waals surface area contributed by atoms with Gasteiger partial charge in [-0.15, -0.1) is 5.73 Å². The minimum Gasteiger partial charge on any atom is -0.125 e. The number of rotatable bonds is 1. The first-order chi connectivity index (χ1) is 3.81. The van der Waals surface area contributed by atoms with Crippen molar-refractivity contribution in [2.45, 2.75) is 0 Å². The van der Waals surface area contributed by atoms with Gasteiger partial charge in [0.05, 0.1) is 6.92 Å². The normalized spacial score (nSPS) is 5.50. The highest BCUT2D eigenvalue weighted by molar-refractivity contribution is 5.35. The van der Waals surface area contributed by atoms with Gasteiger partial charge in [0, 0.05) is 6.08 Å². The van der Waals surface area contributed by atoms with Gasteiger partial charge in [0.25, 0.3) is 0 Å². The van der Waals surface area contributed by atoms with Gasteiger partial charge in [-0.3, -0.25) is 0 Å². The lowest BCUT2D eigenvalue weighted by molar-refractivity contribution is 1.86. The molecule has 0 radical (unpaired) electrons. The molecule has 38 valence electrons. The van der Waals surface area contributed by atoms with E-state index < -0.39 is 0 Å². The topological polar surface area (TPSA) is 0 Å². The summed E-state index contributed by atoms with van der Waals surface area (Å²) < 4.78 is 0. The molecule has 0 spiro atoms. The summed E-state index contributed by atoms with van der Waals surface area (Å²) in [5, 5.41) is 0. The molecule has 0 saturated heterocycles. The second-order valence-corrected chi connectivity index (χ2v) is 1.18. The van der Waals surface area contributed by atoms with Crippen LogP contribution in [0.3, 0.4) is 0 Å². The highest BCUT2D eigenvalue weighted by Crippen LogP contribution is 1.84. The van der Waals surface area contributed by atoms with Gasteiger partial charge in [-0.2, -0.15) is 0 Å². The second kappa shape index (κ2) is 3.87. The molecule has 0 heteroatoms. The van der Waals surface area contributed by atoms with Crippen molar-refractivity contribution in [2.24, 2.45) is 0 Å². The third-order valence-electron chi connectivity index (χ3n) is 0.525. The third-order valence-corrected chi connectivity index (χ3v) is 0.525. The van der Waals surface area contributed by atoms with E-state index in [2.05, 4.69) is 37.7 Å². The van der Waals surface area contributed by atoms with Crippen LogP contribution in [0, 0.1) is 18.8 Å². The third kappa shape index (κ3) is 2.90. The van der Waals surface area contributed by atoms with Gasteiger partial charge in [0.1, 0.15) is 11.5 Å². The van der Waals surface area contributed by atoms with E-state index in [0.717, 1.165) is 0 Å². The Bertz CT molecular complexity index is 180. The van der Waals surface area contributed by atoms with Crippen LogP contribution < -0.4 is 0 Å². The molecule has 0 rings (SSSR count). The summed E-state index contributed by atoms with van der Waals surface area (Å²) in [6, 6.07) is 0. The SMILES string of the molecule is C=C=CC(=C)C#C[CH2+]. The molecule has 0 aliphatic carbocycles. The smallest absolute Gasteiger partial charge is 0.125 e. The predicted octanol–water partition coefficient (Wildman–Crippen LogP) is 1.72. The lowest BCUT2D eigenvalue weighted by atomic mass is 10.3. The summed E-state index contributed by atoms with van der Waals surface area (Å²) in [5.41, 5.74) is 3.24. The summed E-state index contributed by atoms with van der Waals surface area (Å²) in [6.07, 6.45) is 1.61. The minimum atomic E-state index is 0.690. The van der Waals surface area contributed by atoms with E-state index in [1.807, 2.05) is 0 Å². The molecule has 8 heavy (non-hydrogen) atoms. The number of allylic oxidation sites excluding steroid dienone is 2. The molecule has 0 unspecified atom stereocenters. The monoisotopic (exact) mass is 103 g/mol.